The maximum absolute atomic E-state index is 4.40. The highest BCUT2D eigenvalue weighted by molar-refractivity contribution is 7.99. The number of thioether (sulfide) groups is 1. The second-order valence-electron chi connectivity index (χ2n) is 4.59. The molecule has 1 aliphatic rings. The smallest absolute Gasteiger partial charge is 0.135 e. The second-order valence-corrected chi connectivity index (χ2v) is 5.74. The Hall–Kier alpha value is -0.970. The maximum atomic E-state index is 4.40. The van der Waals surface area contributed by atoms with Crippen molar-refractivity contribution in [2.24, 2.45) is 0 Å². The molecule has 0 aliphatic carbocycles. The minimum Gasteiger partial charge on any atom is -0.373 e. The molecule has 0 radical (unpaired) electrons. The normalized spacial score (nSPS) is 19.6. The predicted octanol–water partition coefficient (Wildman–Crippen LogP) is 2.56. The monoisotopic (exact) mass is 252 g/mol. The molecule has 0 spiro atoms. The van der Waals surface area contributed by atoms with Gasteiger partial charge < -0.3 is 10.6 Å². The average Bonchev–Trinajstić information content (AvgIpc) is 2.81. The number of aromatic nitrogens is 2. The van der Waals surface area contributed by atoms with E-state index in [1.54, 1.807) is 6.33 Å². The molecule has 0 amide bonds. The Balaban J connectivity index is 2.25. The van der Waals surface area contributed by atoms with E-state index in [4.69, 9.17) is 0 Å². The van der Waals surface area contributed by atoms with E-state index in [9.17, 15) is 0 Å². The van der Waals surface area contributed by atoms with Crippen LogP contribution in [0.2, 0.25) is 0 Å². The zero-order valence-electron chi connectivity index (χ0n) is 10.7. The molecule has 94 valence electrons. The van der Waals surface area contributed by atoms with Crippen LogP contribution in [-0.2, 0) is 0 Å². The van der Waals surface area contributed by atoms with Gasteiger partial charge in [-0.05, 0) is 18.1 Å². The molecule has 0 saturated carbocycles. The predicted molar refractivity (Wildman–Crippen MR) is 75.0 cm³/mol. The van der Waals surface area contributed by atoms with Crippen molar-refractivity contribution in [3.63, 3.8) is 0 Å². The molecular weight excluding hydrogens is 232 g/mol. The van der Waals surface area contributed by atoms with Gasteiger partial charge in [0, 0.05) is 24.4 Å². The van der Waals surface area contributed by atoms with Crippen LogP contribution in [-0.4, -0.2) is 34.6 Å². The molecule has 1 aromatic heterocycles. The highest BCUT2D eigenvalue weighted by Crippen LogP contribution is 2.30. The van der Waals surface area contributed by atoms with Gasteiger partial charge in [-0.1, -0.05) is 13.8 Å². The van der Waals surface area contributed by atoms with Gasteiger partial charge in [0.1, 0.15) is 18.0 Å². The second kappa shape index (κ2) is 5.58. The van der Waals surface area contributed by atoms with Gasteiger partial charge in [-0.15, -0.1) is 0 Å². The number of rotatable bonds is 4. The standard InChI is InChI=1S/C12H20N4S/c1-8(2)10-11(13-3)14-7-15-12(10)16-9-4-5-17-6-9/h7-9H,4-6H2,1-3H3,(H2,13,14,15,16). The van der Waals surface area contributed by atoms with E-state index in [0.717, 1.165) is 11.6 Å². The van der Waals surface area contributed by atoms with Gasteiger partial charge >= 0.3 is 0 Å². The minimum atomic E-state index is 0.412. The molecule has 1 aromatic rings. The summed E-state index contributed by atoms with van der Waals surface area (Å²) in [5.74, 6) is 4.76. The summed E-state index contributed by atoms with van der Waals surface area (Å²) in [4.78, 5) is 8.69. The van der Waals surface area contributed by atoms with Crippen LogP contribution >= 0.6 is 11.8 Å². The minimum absolute atomic E-state index is 0.412. The summed E-state index contributed by atoms with van der Waals surface area (Å²) < 4.78 is 0. The first kappa shape index (κ1) is 12.5. The van der Waals surface area contributed by atoms with Gasteiger partial charge in [0.05, 0.1) is 0 Å². The fourth-order valence-corrected chi connectivity index (χ4v) is 3.25. The number of hydrogen-bond acceptors (Lipinski definition) is 5. The van der Waals surface area contributed by atoms with Crippen LogP contribution in [0.1, 0.15) is 31.7 Å². The quantitative estimate of drug-likeness (QED) is 0.862. The van der Waals surface area contributed by atoms with Gasteiger partial charge in [0.25, 0.3) is 0 Å². The molecule has 1 unspecified atom stereocenters. The van der Waals surface area contributed by atoms with Gasteiger partial charge in [0.2, 0.25) is 0 Å². The third kappa shape index (κ3) is 2.83. The molecule has 5 heteroatoms. The Morgan fingerprint density at radius 2 is 2.12 bits per heavy atom. The molecule has 4 nitrogen and oxygen atoms in total. The Morgan fingerprint density at radius 3 is 2.71 bits per heavy atom. The van der Waals surface area contributed by atoms with Crippen LogP contribution in [0, 0.1) is 0 Å². The number of nitrogens with one attached hydrogen (secondary N) is 2. The van der Waals surface area contributed by atoms with Crippen molar-refractivity contribution in [1.29, 1.82) is 0 Å². The topological polar surface area (TPSA) is 49.8 Å². The molecule has 2 heterocycles. The highest BCUT2D eigenvalue weighted by atomic mass is 32.2. The number of hydrogen-bond donors (Lipinski definition) is 2. The summed E-state index contributed by atoms with van der Waals surface area (Å²) in [6.07, 6.45) is 2.85. The van der Waals surface area contributed by atoms with Crippen LogP contribution in [0.5, 0.6) is 0 Å². The average molecular weight is 252 g/mol. The van der Waals surface area contributed by atoms with Crippen LogP contribution in [0.3, 0.4) is 0 Å². The van der Waals surface area contributed by atoms with E-state index in [-0.39, 0.29) is 0 Å². The van der Waals surface area contributed by atoms with Crippen molar-refractivity contribution in [2.45, 2.75) is 32.2 Å². The molecule has 0 bridgehead atoms. The lowest BCUT2D eigenvalue weighted by atomic mass is 10.0. The van der Waals surface area contributed by atoms with Gasteiger partial charge in [0.15, 0.2) is 0 Å². The van der Waals surface area contributed by atoms with Crippen molar-refractivity contribution in [2.75, 3.05) is 29.2 Å². The first-order valence-electron chi connectivity index (χ1n) is 6.09. The number of nitrogens with zero attached hydrogens (tertiary/aromatic N) is 2. The summed E-state index contributed by atoms with van der Waals surface area (Å²) in [6, 6.07) is 0.553. The van der Waals surface area contributed by atoms with Crippen molar-refractivity contribution >= 4 is 23.4 Å². The molecular formula is C12H20N4S. The molecule has 1 atom stereocenters. The molecule has 0 aromatic carbocycles. The maximum Gasteiger partial charge on any atom is 0.135 e. The summed E-state index contributed by atoms with van der Waals surface area (Å²) >= 11 is 2.00. The Bertz CT molecular complexity index is 375. The lowest BCUT2D eigenvalue weighted by Gasteiger charge is -2.19. The fourth-order valence-electron chi connectivity index (χ4n) is 2.10. The lowest BCUT2D eigenvalue weighted by molar-refractivity contribution is 0.787. The van der Waals surface area contributed by atoms with Gasteiger partial charge in [-0.25, -0.2) is 9.97 Å². The fraction of sp³-hybridized carbons (Fsp3) is 0.667. The van der Waals surface area contributed by atoms with Crippen molar-refractivity contribution < 1.29 is 0 Å². The van der Waals surface area contributed by atoms with Crippen molar-refractivity contribution in [3.05, 3.63) is 11.9 Å². The molecule has 17 heavy (non-hydrogen) atoms. The van der Waals surface area contributed by atoms with E-state index in [1.165, 1.54) is 23.5 Å². The summed E-state index contributed by atoms with van der Waals surface area (Å²) in [5.41, 5.74) is 1.19. The first-order valence-corrected chi connectivity index (χ1v) is 7.24. The molecule has 1 aliphatic heterocycles. The lowest BCUT2D eigenvalue weighted by Crippen LogP contribution is -2.21. The van der Waals surface area contributed by atoms with Crippen molar-refractivity contribution in [1.82, 2.24) is 9.97 Å². The van der Waals surface area contributed by atoms with Crippen molar-refractivity contribution in [3.8, 4) is 0 Å². The molecule has 2 N–H and O–H groups in total. The Labute approximate surface area is 107 Å². The summed E-state index contributed by atoms with van der Waals surface area (Å²) in [6.45, 7) is 4.35. The van der Waals surface area contributed by atoms with Crippen LogP contribution < -0.4 is 10.6 Å². The first-order chi connectivity index (χ1) is 8.22. The summed E-state index contributed by atoms with van der Waals surface area (Å²) in [7, 11) is 1.91. The zero-order chi connectivity index (χ0) is 12.3. The largest absolute Gasteiger partial charge is 0.373 e. The van der Waals surface area contributed by atoms with Crippen LogP contribution in [0.4, 0.5) is 11.6 Å². The highest BCUT2D eigenvalue weighted by Gasteiger charge is 2.20. The molecule has 2 rings (SSSR count). The third-order valence-corrected chi connectivity index (χ3v) is 4.13. The van der Waals surface area contributed by atoms with Crippen LogP contribution in [0.15, 0.2) is 6.33 Å². The van der Waals surface area contributed by atoms with E-state index < -0.39 is 0 Å². The zero-order valence-corrected chi connectivity index (χ0v) is 11.5. The van der Waals surface area contributed by atoms with E-state index in [0.29, 0.717) is 12.0 Å². The molecule has 1 fully saturated rings. The number of anilines is 2. The SMILES string of the molecule is CNc1ncnc(NC2CCSC2)c1C(C)C. The van der Waals surface area contributed by atoms with Gasteiger partial charge in [-0.2, -0.15) is 11.8 Å². The van der Waals surface area contributed by atoms with Crippen LogP contribution in [0.25, 0.3) is 0 Å². The summed E-state index contributed by atoms with van der Waals surface area (Å²) in [5, 5.41) is 6.70. The van der Waals surface area contributed by atoms with Gasteiger partial charge in [-0.3, -0.25) is 0 Å². The van der Waals surface area contributed by atoms with E-state index >= 15 is 0 Å². The van der Waals surface area contributed by atoms with E-state index in [2.05, 4.69) is 34.4 Å². The van der Waals surface area contributed by atoms with E-state index in [1.807, 2.05) is 18.8 Å². The Morgan fingerprint density at radius 1 is 1.35 bits per heavy atom. The third-order valence-electron chi connectivity index (χ3n) is 2.97. The Kier molecular flexibility index (Phi) is 4.10. The molecule has 1 saturated heterocycles.